The van der Waals surface area contributed by atoms with Gasteiger partial charge in [0.2, 0.25) is 0 Å². The molecule has 1 N–H and O–H groups in total. The fraction of sp³-hybridized carbons (Fsp3) is 0.385. The van der Waals surface area contributed by atoms with Crippen LogP contribution >= 0.6 is 23.4 Å². The summed E-state index contributed by atoms with van der Waals surface area (Å²) in [4.78, 5) is 0. The first kappa shape index (κ1) is 14.4. The Hall–Kier alpha value is -1.04. The molecule has 0 atom stereocenters. The molecule has 102 valence electrons. The molecule has 0 spiro atoms. The highest BCUT2D eigenvalue weighted by Crippen LogP contribution is 2.26. The van der Waals surface area contributed by atoms with Gasteiger partial charge in [-0.3, -0.25) is 0 Å². The summed E-state index contributed by atoms with van der Waals surface area (Å²) in [5, 5.41) is 18.9. The first-order valence-electron chi connectivity index (χ1n) is 6.15. The second-order valence-corrected chi connectivity index (χ2v) is 5.44. The smallest absolute Gasteiger partial charge is 0.191 e. The zero-order valence-corrected chi connectivity index (χ0v) is 12.3. The molecule has 0 amide bonds. The molecule has 0 fully saturated rings. The summed E-state index contributed by atoms with van der Waals surface area (Å²) in [5.74, 6) is 1.36. The Morgan fingerprint density at radius 3 is 2.79 bits per heavy atom. The molecular formula is C13H16ClN3OS. The van der Waals surface area contributed by atoms with Crippen molar-refractivity contribution in [3.8, 4) is 0 Å². The summed E-state index contributed by atoms with van der Waals surface area (Å²) in [6.45, 7) is 2.82. The third-order valence-electron chi connectivity index (χ3n) is 2.70. The van der Waals surface area contributed by atoms with E-state index in [0.29, 0.717) is 5.82 Å². The van der Waals surface area contributed by atoms with E-state index >= 15 is 0 Å². The Labute approximate surface area is 121 Å². The highest BCUT2D eigenvalue weighted by molar-refractivity contribution is 7.98. The van der Waals surface area contributed by atoms with Crippen molar-refractivity contribution in [1.29, 1.82) is 0 Å². The summed E-state index contributed by atoms with van der Waals surface area (Å²) in [6, 6.07) is 7.77. The van der Waals surface area contributed by atoms with E-state index in [4.69, 9.17) is 11.6 Å². The lowest BCUT2D eigenvalue weighted by molar-refractivity contribution is 0.263. The van der Waals surface area contributed by atoms with E-state index in [0.717, 1.165) is 34.5 Å². The van der Waals surface area contributed by atoms with E-state index in [1.54, 1.807) is 11.8 Å². The maximum atomic E-state index is 9.23. The van der Waals surface area contributed by atoms with Gasteiger partial charge in [0, 0.05) is 17.3 Å². The summed E-state index contributed by atoms with van der Waals surface area (Å²) in [6.07, 6.45) is 0.977. The molecule has 0 aliphatic rings. The summed E-state index contributed by atoms with van der Waals surface area (Å²) < 4.78 is 1.96. The number of hydrogen-bond donors (Lipinski definition) is 1. The third kappa shape index (κ3) is 3.49. The second kappa shape index (κ2) is 6.93. The number of aliphatic hydroxyl groups excluding tert-OH is 1. The fourth-order valence-corrected chi connectivity index (χ4v) is 3.02. The van der Waals surface area contributed by atoms with Gasteiger partial charge in [0.1, 0.15) is 6.61 Å². The third-order valence-corrected chi connectivity index (χ3v) is 4.08. The van der Waals surface area contributed by atoms with Crippen molar-refractivity contribution < 1.29 is 5.11 Å². The fourth-order valence-electron chi connectivity index (χ4n) is 1.75. The van der Waals surface area contributed by atoms with Crippen LogP contribution in [0.4, 0.5) is 0 Å². The maximum absolute atomic E-state index is 9.23. The van der Waals surface area contributed by atoms with Crippen LogP contribution in [0.1, 0.15) is 24.7 Å². The Kier molecular flexibility index (Phi) is 5.24. The van der Waals surface area contributed by atoms with Crippen molar-refractivity contribution in [2.24, 2.45) is 0 Å². The van der Waals surface area contributed by atoms with E-state index < -0.39 is 0 Å². The van der Waals surface area contributed by atoms with Crippen LogP contribution in [-0.2, 0) is 18.9 Å². The SMILES string of the molecule is CCCn1c(CO)nnc1SCc1ccccc1Cl. The van der Waals surface area contributed by atoms with Crippen LogP contribution in [0.3, 0.4) is 0 Å². The van der Waals surface area contributed by atoms with Crippen LogP contribution in [0.25, 0.3) is 0 Å². The molecule has 0 saturated carbocycles. The van der Waals surface area contributed by atoms with Crippen LogP contribution in [0.2, 0.25) is 5.02 Å². The van der Waals surface area contributed by atoms with Crippen molar-refractivity contribution in [3.63, 3.8) is 0 Å². The molecule has 1 heterocycles. The number of aromatic nitrogens is 3. The minimum atomic E-state index is -0.0837. The summed E-state index contributed by atoms with van der Waals surface area (Å²) >= 11 is 7.71. The van der Waals surface area contributed by atoms with Gasteiger partial charge in [-0.2, -0.15) is 0 Å². The van der Waals surface area contributed by atoms with Gasteiger partial charge < -0.3 is 9.67 Å². The lowest BCUT2D eigenvalue weighted by Crippen LogP contribution is -2.04. The van der Waals surface area contributed by atoms with Gasteiger partial charge in [0.25, 0.3) is 0 Å². The van der Waals surface area contributed by atoms with E-state index in [1.807, 2.05) is 28.8 Å². The number of aliphatic hydroxyl groups is 1. The molecule has 0 unspecified atom stereocenters. The number of benzene rings is 1. The second-order valence-electron chi connectivity index (χ2n) is 4.09. The number of thioether (sulfide) groups is 1. The quantitative estimate of drug-likeness (QED) is 0.832. The van der Waals surface area contributed by atoms with E-state index in [2.05, 4.69) is 17.1 Å². The normalized spacial score (nSPS) is 10.9. The molecule has 0 radical (unpaired) electrons. The number of nitrogens with zero attached hydrogens (tertiary/aromatic N) is 3. The van der Waals surface area contributed by atoms with E-state index in [9.17, 15) is 5.11 Å². The Morgan fingerprint density at radius 1 is 1.32 bits per heavy atom. The van der Waals surface area contributed by atoms with Crippen molar-refractivity contribution in [2.45, 2.75) is 37.4 Å². The Bertz CT molecular complexity index is 544. The predicted molar refractivity (Wildman–Crippen MR) is 77.2 cm³/mol. The number of halogens is 1. The molecular weight excluding hydrogens is 282 g/mol. The molecule has 0 aliphatic carbocycles. The molecule has 1 aromatic heterocycles. The van der Waals surface area contributed by atoms with Gasteiger partial charge in [-0.05, 0) is 18.1 Å². The average Bonchev–Trinajstić information content (AvgIpc) is 2.81. The molecule has 2 rings (SSSR count). The molecule has 19 heavy (non-hydrogen) atoms. The summed E-state index contributed by atoms with van der Waals surface area (Å²) in [5.41, 5.74) is 1.07. The van der Waals surface area contributed by atoms with Gasteiger partial charge in [-0.15, -0.1) is 10.2 Å². The van der Waals surface area contributed by atoms with Crippen molar-refractivity contribution in [1.82, 2.24) is 14.8 Å². The van der Waals surface area contributed by atoms with E-state index in [-0.39, 0.29) is 6.61 Å². The van der Waals surface area contributed by atoms with Gasteiger partial charge in [-0.1, -0.05) is 48.5 Å². The monoisotopic (exact) mass is 297 g/mol. The van der Waals surface area contributed by atoms with Crippen LogP contribution in [-0.4, -0.2) is 19.9 Å². The highest BCUT2D eigenvalue weighted by Gasteiger charge is 2.11. The van der Waals surface area contributed by atoms with Gasteiger partial charge in [0.15, 0.2) is 11.0 Å². The lowest BCUT2D eigenvalue weighted by atomic mass is 10.2. The molecule has 1 aromatic carbocycles. The Balaban J connectivity index is 2.11. The van der Waals surface area contributed by atoms with Gasteiger partial charge in [0.05, 0.1) is 0 Å². The molecule has 0 bridgehead atoms. The minimum absolute atomic E-state index is 0.0837. The molecule has 0 saturated heterocycles. The van der Waals surface area contributed by atoms with Gasteiger partial charge in [-0.25, -0.2) is 0 Å². The lowest BCUT2D eigenvalue weighted by Gasteiger charge is -2.07. The van der Waals surface area contributed by atoms with Crippen LogP contribution in [0.5, 0.6) is 0 Å². The van der Waals surface area contributed by atoms with Crippen molar-refractivity contribution in [3.05, 3.63) is 40.7 Å². The van der Waals surface area contributed by atoms with Crippen LogP contribution in [0, 0.1) is 0 Å². The number of rotatable bonds is 6. The predicted octanol–water partition coefficient (Wildman–Crippen LogP) is 3.13. The van der Waals surface area contributed by atoms with E-state index in [1.165, 1.54) is 0 Å². The van der Waals surface area contributed by atoms with Crippen molar-refractivity contribution in [2.75, 3.05) is 0 Å². The van der Waals surface area contributed by atoms with Gasteiger partial charge >= 0.3 is 0 Å². The van der Waals surface area contributed by atoms with Crippen molar-refractivity contribution >= 4 is 23.4 Å². The van der Waals surface area contributed by atoms with Crippen LogP contribution < -0.4 is 0 Å². The average molecular weight is 298 g/mol. The first-order valence-corrected chi connectivity index (χ1v) is 7.51. The highest BCUT2D eigenvalue weighted by atomic mass is 35.5. The largest absolute Gasteiger partial charge is 0.388 e. The standard InChI is InChI=1S/C13H16ClN3OS/c1-2-7-17-12(8-18)15-16-13(17)19-9-10-5-3-4-6-11(10)14/h3-6,18H,2,7-9H2,1H3. The molecule has 0 aliphatic heterocycles. The minimum Gasteiger partial charge on any atom is -0.388 e. The first-order chi connectivity index (χ1) is 9.26. The molecule has 2 aromatic rings. The van der Waals surface area contributed by atoms with Crippen LogP contribution in [0.15, 0.2) is 29.4 Å². The zero-order valence-electron chi connectivity index (χ0n) is 10.7. The molecule has 4 nitrogen and oxygen atoms in total. The topological polar surface area (TPSA) is 50.9 Å². The maximum Gasteiger partial charge on any atom is 0.191 e. The zero-order chi connectivity index (χ0) is 13.7. The summed E-state index contributed by atoms with van der Waals surface area (Å²) in [7, 11) is 0. The molecule has 6 heteroatoms. The number of hydrogen-bond acceptors (Lipinski definition) is 4. The Morgan fingerprint density at radius 2 is 2.11 bits per heavy atom.